The van der Waals surface area contributed by atoms with E-state index in [1.165, 1.54) is 64.2 Å². The molecule has 0 bridgehead atoms. The molecule has 8 unspecified atom stereocenters. The fourth-order valence-corrected chi connectivity index (χ4v) is 10.4. The Balaban J connectivity index is 1.22. The number of nitrogen functional groups attached to an aromatic ring is 2. The summed E-state index contributed by atoms with van der Waals surface area (Å²) >= 11 is 0. The number of rotatable bonds is 7. The maximum Gasteiger partial charge on any atom is 0.338 e. The average Bonchev–Trinajstić information content (AvgIpc) is 3.20. The molecular weight excluding hydrogens is 468 g/mol. The number of fused-ring (bicyclic) bond motifs is 5. The molecule has 212 valence electrons. The van der Waals surface area contributed by atoms with Crippen molar-refractivity contribution < 1.29 is 9.53 Å². The Hall–Kier alpha value is -1.71. The lowest BCUT2D eigenvalue weighted by Crippen LogP contribution is -2.54. The van der Waals surface area contributed by atoms with Gasteiger partial charge >= 0.3 is 5.97 Å². The van der Waals surface area contributed by atoms with Crippen LogP contribution in [0, 0.1) is 52.3 Å². The highest BCUT2D eigenvalue weighted by Crippen LogP contribution is 2.68. The largest absolute Gasteiger partial charge is 0.459 e. The number of hydrogen-bond acceptors (Lipinski definition) is 4. The van der Waals surface area contributed by atoms with Crippen molar-refractivity contribution in [3.05, 3.63) is 23.8 Å². The third-order valence-corrected chi connectivity index (χ3v) is 12.3. The second kappa shape index (κ2) is 10.7. The van der Waals surface area contributed by atoms with E-state index in [-0.39, 0.29) is 12.1 Å². The van der Waals surface area contributed by atoms with E-state index in [1.807, 2.05) is 0 Å². The van der Waals surface area contributed by atoms with Gasteiger partial charge in [0.1, 0.15) is 6.10 Å². The van der Waals surface area contributed by atoms with Crippen molar-refractivity contribution >= 4 is 17.3 Å². The second-order valence-corrected chi connectivity index (χ2v) is 14.9. The van der Waals surface area contributed by atoms with Crippen LogP contribution in [-0.4, -0.2) is 12.1 Å². The van der Waals surface area contributed by atoms with Crippen molar-refractivity contribution in [1.29, 1.82) is 0 Å². The van der Waals surface area contributed by atoms with E-state index >= 15 is 0 Å². The molecule has 5 rings (SSSR count). The van der Waals surface area contributed by atoms with E-state index in [1.54, 1.807) is 18.2 Å². The quantitative estimate of drug-likeness (QED) is 0.278. The summed E-state index contributed by atoms with van der Waals surface area (Å²) in [6, 6.07) is 5.03. The zero-order valence-corrected chi connectivity index (χ0v) is 24.8. The summed E-state index contributed by atoms with van der Waals surface area (Å²) < 4.78 is 6.04. The van der Waals surface area contributed by atoms with Crippen LogP contribution in [0.2, 0.25) is 0 Å². The first kappa shape index (κ1) is 27.8. The third-order valence-electron chi connectivity index (χ3n) is 12.3. The molecule has 0 radical (unpaired) electrons. The molecule has 4 N–H and O–H groups in total. The van der Waals surface area contributed by atoms with E-state index in [9.17, 15) is 4.79 Å². The summed E-state index contributed by atoms with van der Waals surface area (Å²) in [6.45, 7) is 12.6. The molecule has 0 saturated heterocycles. The highest BCUT2D eigenvalue weighted by atomic mass is 16.5. The fourth-order valence-electron chi connectivity index (χ4n) is 10.4. The second-order valence-electron chi connectivity index (χ2n) is 14.9. The van der Waals surface area contributed by atoms with Crippen molar-refractivity contribution in [2.45, 2.75) is 118 Å². The van der Waals surface area contributed by atoms with Gasteiger partial charge in [0.15, 0.2) is 0 Å². The maximum atomic E-state index is 12.9. The van der Waals surface area contributed by atoms with Crippen LogP contribution in [0.4, 0.5) is 11.4 Å². The molecule has 1 aromatic rings. The van der Waals surface area contributed by atoms with Crippen molar-refractivity contribution in [1.82, 2.24) is 0 Å². The van der Waals surface area contributed by atoms with Crippen LogP contribution < -0.4 is 11.5 Å². The van der Waals surface area contributed by atoms with Gasteiger partial charge < -0.3 is 16.2 Å². The van der Waals surface area contributed by atoms with Crippen LogP contribution in [0.1, 0.15) is 122 Å². The molecule has 4 aliphatic carbocycles. The topological polar surface area (TPSA) is 78.3 Å². The van der Waals surface area contributed by atoms with Gasteiger partial charge in [-0.3, -0.25) is 0 Å². The highest BCUT2D eigenvalue weighted by Gasteiger charge is 2.60. The summed E-state index contributed by atoms with van der Waals surface area (Å²) in [5, 5.41) is 0. The van der Waals surface area contributed by atoms with E-state index in [0.717, 1.165) is 48.3 Å². The predicted molar refractivity (Wildman–Crippen MR) is 158 cm³/mol. The smallest absolute Gasteiger partial charge is 0.338 e. The molecule has 0 aromatic heterocycles. The summed E-state index contributed by atoms with van der Waals surface area (Å²) in [7, 11) is 0. The van der Waals surface area contributed by atoms with Crippen LogP contribution >= 0.6 is 0 Å². The number of carbonyl (C=O) groups is 1. The number of anilines is 2. The number of nitrogens with two attached hydrogens (primary N) is 2. The summed E-state index contributed by atoms with van der Waals surface area (Å²) in [4.78, 5) is 12.9. The number of ether oxygens (including phenoxy) is 1. The monoisotopic (exact) mass is 522 g/mol. The number of hydrogen-bond donors (Lipinski definition) is 2. The lowest BCUT2D eigenvalue weighted by Gasteiger charge is -2.61. The Morgan fingerprint density at radius 1 is 0.895 bits per heavy atom. The van der Waals surface area contributed by atoms with Crippen LogP contribution in [-0.2, 0) is 4.74 Å². The minimum Gasteiger partial charge on any atom is -0.459 e. The summed E-state index contributed by atoms with van der Waals surface area (Å²) in [6.07, 6.45) is 15.8. The first-order chi connectivity index (χ1) is 18.0. The van der Waals surface area contributed by atoms with Gasteiger partial charge in [0.2, 0.25) is 0 Å². The van der Waals surface area contributed by atoms with Crippen molar-refractivity contribution in [2.75, 3.05) is 11.5 Å². The van der Waals surface area contributed by atoms with E-state index < -0.39 is 0 Å². The Morgan fingerprint density at radius 3 is 2.29 bits per heavy atom. The van der Waals surface area contributed by atoms with Crippen LogP contribution in [0.3, 0.4) is 0 Å². The number of esters is 1. The molecule has 4 aliphatic rings. The molecule has 0 heterocycles. The van der Waals surface area contributed by atoms with E-state index in [2.05, 4.69) is 34.6 Å². The molecule has 4 heteroatoms. The lowest BCUT2D eigenvalue weighted by atomic mass is 9.44. The standard InChI is InChI=1S/C34H54N2O2/c1-21(2)7-6-8-22(3)29-11-12-30-28-10-9-24-19-27(38-32(37)23-17-25(35)20-26(36)18-23)13-15-33(24,4)31(28)14-16-34(29,30)5/h17-18,20-22,24,27-31H,6-16,19,35-36H2,1-5H3/t22-,24?,27?,28?,29?,30?,31?,33?,34?/m0/s1. The van der Waals surface area contributed by atoms with Crippen LogP contribution in [0.5, 0.6) is 0 Å². The van der Waals surface area contributed by atoms with E-state index in [0.29, 0.717) is 33.7 Å². The van der Waals surface area contributed by atoms with Gasteiger partial charge in [-0.2, -0.15) is 0 Å². The molecule has 0 amide bonds. The van der Waals surface area contributed by atoms with Crippen molar-refractivity contribution in [3.63, 3.8) is 0 Å². The Kier molecular flexibility index (Phi) is 7.84. The molecule has 4 fully saturated rings. The van der Waals surface area contributed by atoms with Gasteiger partial charge in [-0.1, -0.05) is 53.9 Å². The Labute approximate surface area is 232 Å². The van der Waals surface area contributed by atoms with Gasteiger partial charge in [0.25, 0.3) is 0 Å². The number of benzene rings is 1. The minimum absolute atomic E-state index is 0.0104. The molecule has 38 heavy (non-hydrogen) atoms. The van der Waals surface area contributed by atoms with Crippen molar-refractivity contribution in [2.24, 2.45) is 52.3 Å². The number of carbonyl (C=O) groups excluding carboxylic acids is 1. The Morgan fingerprint density at radius 2 is 1.58 bits per heavy atom. The van der Waals surface area contributed by atoms with Gasteiger partial charge in [0.05, 0.1) is 5.56 Å². The summed E-state index contributed by atoms with van der Waals surface area (Å²) in [5.74, 6) is 5.67. The van der Waals surface area contributed by atoms with Gasteiger partial charge in [0, 0.05) is 11.4 Å². The average molecular weight is 523 g/mol. The zero-order chi connectivity index (χ0) is 27.2. The molecule has 4 nitrogen and oxygen atoms in total. The third kappa shape index (κ3) is 5.10. The van der Waals surface area contributed by atoms with E-state index in [4.69, 9.17) is 16.2 Å². The summed E-state index contributed by atoms with van der Waals surface area (Å²) in [5.41, 5.74) is 14.3. The van der Waals surface area contributed by atoms with Gasteiger partial charge in [-0.05, 0) is 128 Å². The Bertz CT molecular complexity index is 986. The SMILES string of the molecule is CC(C)CCC[C@H](C)C1CCC2C3CCC4CC(OC(=O)c5cc(N)cc(N)c5)CCC4(C)C3CCC21C. The lowest BCUT2D eigenvalue weighted by molar-refractivity contribution is -0.130. The normalized spacial score (nSPS) is 39.2. The molecule has 0 aliphatic heterocycles. The van der Waals surface area contributed by atoms with Gasteiger partial charge in [-0.25, -0.2) is 4.79 Å². The predicted octanol–water partition coefficient (Wildman–Crippen LogP) is 8.50. The molecular formula is C34H54N2O2. The van der Waals surface area contributed by atoms with Crippen molar-refractivity contribution in [3.8, 4) is 0 Å². The van der Waals surface area contributed by atoms with Crippen LogP contribution in [0.15, 0.2) is 18.2 Å². The first-order valence-corrected chi connectivity index (χ1v) is 15.9. The molecule has 1 aromatic carbocycles. The minimum atomic E-state index is -0.278. The highest BCUT2D eigenvalue weighted by molar-refractivity contribution is 5.91. The van der Waals surface area contributed by atoms with Gasteiger partial charge in [-0.15, -0.1) is 0 Å². The molecule has 4 saturated carbocycles. The molecule has 0 spiro atoms. The molecule has 9 atom stereocenters. The maximum absolute atomic E-state index is 12.9. The van der Waals surface area contributed by atoms with Crippen LogP contribution in [0.25, 0.3) is 0 Å². The first-order valence-electron chi connectivity index (χ1n) is 15.9. The zero-order valence-electron chi connectivity index (χ0n) is 24.8. The fraction of sp³-hybridized carbons (Fsp3) is 0.794.